The predicted molar refractivity (Wildman–Crippen MR) is 41.1 cm³/mol. The van der Waals surface area contributed by atoms with E-state index in [2.05, 4.69) is 4.98 Å². The van der Waals surface area contributed by atoms with Gasteiger partial charge >= 0.3 is 0 Å². The van der Waals surface area contributed by atoms with Crippen molar-refractivity contribution < 1.29 is 5.11 Å². The van der Waals surface area contributed by atoms with E-state index in [0.29, 0.717) is 0 Å². The summed E-state index contributed by atoms with van der Waals surface area (Å²) in [7, 11) is 0. The van der Waals surface area contributed by atoms with Crippen LogP contribution in [0.25, 0.3) is 0 Å². The van der Waals surface area contributed by atoms with Crippen LogP contribution in [0.5, 0.6) is 5.75 Å². The van der Waals surface area contributed by atoms with Crippen molar-refractivity contribution in [1.29, 1.82) is 0 Å². The van der Waals surface area contributed by atoms with Crippen LogP contribution in [0.2, 0.25) is 0 Å². The minimum Gasteiger partial charge on any atom is -0.504 e. The van der Waals surface area contributed by atoms with Crippen LogP contribution in [0.3, 0.4) is 0 Å². The smallest absolute Gasteiger partial charge is 0.158 e. The first-order chi connectivity index (χ1) is 5.29. The van der Waals surface area contributed by atoms with Crippen LogP contribution in [0.4, 0.5) is 5.69 Å². The molecule has 0 aromatic carbocycles. The summed E-state index contributed by atoms with van der Waals surface area (Å²) in [5.74, 6) is 5.76. The number of rotatable bonds is 0. The van der Waals surface area contributed by atoms with E-state index in [1.54, 1.807) is 11.2 Å². The Morgan fingerprint density at radius 2 is 2.36 bits per heavy atom. The van der Waals surface area contributed by atoms with Gasteiger partial charge in [-0.2, -0.15) is 0 Å². The lowest BCUT2D eigenvalue weighted by molar-refractivity contribution is 0.472. The molecule has 1 aromatic rings. The number of hydrogen-bond acceptors (Lipinski definition) is 4. The van der Waals surface area contributed by atoms with E-state index in [0.717, 1.165) is 24.2 Å². The highest BCUT2D eigenvalue weighted by atomic mass is 16.3. The first-order valence-electron chi connectivity index (χ1n) is 3.47. The van der Waals surface area contributed by atoms with Crippen molar-refractivity contribution in [2.45, 2.75) is 6.42 Å². The van der Waals surface area contributed by atoms with Crippen LogP contribution in [0, 0.1) is 0 Å². The maximum absolute atomic E-state index is 9.32. The number of nitrogens with two attached hydrogens (primary N) is 1. The van der Waals surface area contributed by atoms with Crippen LogP contribution in [-0.4, -0.2) is 16.6 Å². The van der Waals surface area contributed by atoms with E-state index in [9.17, 15) is 5.11 Å². The Balaban J connectivity index is 2.58. The molecule has 0 saturated carbocycles. The largest absolute Gasteiger partial charge is 0.504 e. The van der Waals surface area contributed by atoms with Gasteiger partial charge in [0.25, 0.3) is 0 Å². The second kappa shape index (κ2) is 2.10. The minimum absolute atomic E-state index is 0.169. The molecule has 0 amide bonds. The average Bonchev–Trinajstić information content (AvgIpc) is 2.34. The Kier molecular flexibility index (Phi) is 1.22. The Hall–Kier alpha value is -1.29. The third kappa shape index (κ3) is 0.832. The van der Waals surface area contributed by atoms with Crippen LogP contribution in [0.1, 0.15) is 5.56 Å². The molecule has 0 spiro atoms. The van der Waals surface area contributed by atoms with E-state index < -0.39 is 0 Å². The summed E-state index contributed by atoms with van der Waals surface area (Å²) in [6.07, 6.45) is 4.01. The van der Waals surface area contributed by atoms with Crippen molar-refractivity contribution in [3.8, 4) is 5.75 Å². The number of pyridine rings is 1. The summed E-state index contributed by atoms with van der Waals surface area (Å²) in [6.45, 7) is 0.759. The SMILES string of the molecule is NN1CCc2cncc(O)c21. The van der Waals surface area contributed by atoms with Crippen molar-refractivity contribution in [2.24, 2.45) is 5.84 Å². The number of hydrazine groups is 1. The van der Waals surface area contributed by atoms with Gasteiger partial charge in [-0.3, -0.25) is 4.98 Å². The van der Waals surface area contributed by atoms with Gasteiger partial charge in [0, 0.05) is 18.3 Å². The molecule has 58 valence electrons. The van der Waals surface area contributed by atoms with Crippen molar-refractivity contribution in [3.63, 3.8) is 0 Å². The number of aromatic hydroxyl groups is 1. The topological polar surface area (TPSA) is 62.4 Å². The lowest BCUT2D eigenvalue weighted by atomic mass is 10.2. The van der Waals surface area contributed by atoms with Gasteiger partial charge in [-0.15, -0.1) is 0 Å². The summed E-state index contributed by atoms with van der Waals surface area (Å²) in [5, 5.41) is 10.9. The fourth-order valence-electron chi connectivity index (χ4n) is 1.35. The normalized spacial score (nSPS) is 15.2. The number of fused-ring (bicyclic) bond motifs is 1. The summed E-state index contributed by atoms with van der Waals surface area (Å²) < 4.78 is 0. The van der Waals surface area contributed by atoms with Gasteiger partial charge in [0.05, 0.1) is 6.20 Å². The molecule has 0 atom stereocenters. The Bertz CT molecular complexity index is 287. The molecule has 0 fully saturated rings. The van der Waals surface area contributed by atoms with Gasteiger partial charge in [-0.25, -0.2) is 5.84 Å². The maximum atomic E-state index is 9.32. The molecule has 1 aliphatic rings. The molecule has 3 N–H and O–H groups in total. The highest BCUT2D eigenvalue weighted by molar-refractivity contribution is 5.64. The lowest BCUT2D eigenvalue weighted by Crippen LogP contribution is -2.28. The van der Waals surface area contributed by atoms with E-state index in [1.807, 2.05) is 0 Å². The average molecular weight is 151 g/mol. The third-order valence-corrected chi connectivity index (χ3v) is 1.88. The molecule has 1 aromatic heterocycles. The highest BCUT2D eigenvalue weighted by Gasteiger charge is 2.19. The Morgan fingerprint density at radius 3 is 3.09 bits per heavy atom. The quantitative estimate of drug-likeness (QED) is 0.513. The zero-order valence-electron chi connectivity index (χ0n) is 5.99. The molecule has 0 aliphatic carbocycles. The van der Waals surface area contributed by atoms with E-state index in [4.69, 9.17) is 5.84 Å². The number of nitrogens with zero attached hydrogens (tertiary/aromatic N) is 2. The zero-order chi connectivity index (χ0) is 7.84. The molecule has 4 heteroatoms. The summed E-state index contributed by atoms with van der Waals surface area (Å²) >= 11 is 0. The van der Waals surface area contributed by atoms with Crippen LogP contribution in [-0.2, 0) is 6.42 Å². The molecule has 2 rings (SSSR count). The van der Waals surface area contributed by atoms with E-state index in [-0.39, 0.29) is 5.75 Å². The molecular weight excluding hydrogens is 142 g/mol. The molecule has 0 radical (unpaired) electrons. The first kappa shape index (κ1) is 6.42. The molecule has 2 heterocycles. The molecule has 11 heavy (non-hydrogen) atoms. The second-order valence-corrected chi connectivity index (χ2v) is 2.61. The van der Waals surface area contributed by atoms with Crippen molar-refractivity contribution in [1.82, 2.24) is 4.98 Å². The first-order valence-corrected chi connectivity index (χ1v) is 3.47. The number of hydrogen-bond donors (Lipinski definition) is 2. The number of aromatic nitrogens is 1. The fraction of sp³-hybridized carbons (Fsp3) is 0.286. The fourth-order valence-corrected chi connectivity index (χ4v) is 1.35. The number of anilines is 1. The van der Waals surface area contributed by atoms with Gasteiger partial charge in [0.1, 0.15) is 5.69 Å². The van der Waals surface area contributed by atoms with Crippen molar-refractivity contribution in [3.05, 3.63) is 18.0 Å². The molecule has 0 bridgehead atoms. The summed E-state index contributed by atoms with van der Waals surface area (Å²) in [4.78, 5) is 3.86. The maximum Gasteiger partial charge on any atom is 0.158 e. The molecule has 0 saturated heterocycles. The third-order valence-electron chi connectivity index (χ3n) is 1.88. The molecule has 1 aliphatic heterocycles. The minimum atomic E-state index is 0.169. The molecule has 4 nitrogen and oxygen atoms in total. The zero-order valence-corrected chi connectivity index (χ0v) is 5.99. The Morgan fingerprint density at radius 1 is 1.55 bits per heavy atom. The predicted octanol–water partition coefficient (Wildman–Crippen LogP) is 0.0234. The van der Waals surface area contributed by atoms with Gasteiger partial charge in [-0.05, 0) is 6.42 Å². The molecular formula is C7H9N3O. The molecule has 0 unspecified atom stereocenters. The van der Waals surface area contributed by atoms with Crippen molar-refractivity contribution in [2.75, 3.05) is 11.6 Å². The van der Waals surface area contributed by atoms with Gasteiger partial charge in [-0.1, -0.05) is 0 Å². The van der Waals surface area contributed by atoms with Crippen molar-refractivity contribution >= 4 is 5.69 Å². The van der Waals surface area contributed by atoms with Crippen LogP contribution in [0.15, 0.2) is 12.4 Å². The highest BCUT2D eigenvalue weighted by Crippen LogP contribution is 2.32. The van der Waals surface area contributed by atoms with Gasteiger partial charge in [0.15, 0.2) is 5.75 Å². The van der Waals surface area contributed by atoms with E-state index in [1.165, 1.54) is 6.20 Å². The lowest BCUT2D eigenvalue weighted by Gasteiger charge is -2.11. The standard InChI is InChI=1S/C7H9N3O/c8-10-2-1-5-3-9-4-6(11)7(5)10/h3-4,11H,1-2,8H2. The van der Waals surface area contributed by atoms with Crippen LogP contribution < -0.4 is 10.9 Å². The second-order valence-electron chi connectivity index (χ2n) is 2.61. The monoisotopic (exact) mass is 151 g/mol. The summed E-state index contributed by atoms with van der Waals surface area (Å²) in [6, 6.07) is 0. The Labute approximate surface area is 64.2 Å². The van der Waals surface area contributed by atoms with E-state index >= 15 is 0 Å². The van der Waals surface area contributed by atoms with Gasteiger partial charge in [0.2, 0.25) is 0 Å². The summed E-state index contributed by atoms with van der Waals surface area (Å²) in [5.41, 5.74) is 1.74. The van der Waals surface area contributed by atoms with Crippen LogP contribution >= 0.6 is 0 Å². The van der Waals surface area contributed by atoms with Gasteiger partial charge < -0.3 is 10.1 Å².